The number of rotatable bonds is 6. The molecule has 0 aliphatic heterocycles. The van der Waals surface area contributed by atoms with Gasteiger partial charge in [-0.3, -0.25) is 0 Å². The van der Waals surface area contributed by atoms with Crippen LogP contribution >= 0.6 is 0 Å². The van der Waals surface area contributed by atoms with E-state index in [1.165, 1.54) is 13.2 Å². The molecule has 1 aromatic heterocycles. The van der Waals surface area contributed by atoms with E-state index >= 15 is 0 Å². The van der Waals surface area contributed by atoms with Crippen LogP contribution in [0.2, 0.25) is 0 Å². The Bertz CT molecular complexity index is 640. The number of methoxy groups -OCH3 is 1. The molecule has 1 aliphatic rings. The smallest absolute Gasteiger partial charge is 0.408 e. The number of esters is 1. The third-order valence-electron chi connectivity index (χ3n) is 3.30. The quantitative estimate of drug-likeness (QED) is 0.789. The zero-order valence-electron chi connectivity index (χ0n) is 14.8. The zero-order valence-corrected chi connectivity index (χ0v) is 14.8. The van der Waals surface area contributed by atoms with Crippen molar-refractivity contribution in [2.45, 2.75) is 57.8 Å². The highest BCUT2D eigenvalue weighted by atomic mass is 19.1. The summed E-state index contributed by atoms with van der Waals surface area (Å²) in [6.45, 7) is 5.12. The number of hydrogen-bond donors (Lipinski definition) is 1. The number of aromatic nitrogens is 1. The first-order chi connectivity index (χ1) is 11.7. The third-order valence-corrected chi connectivity index (χ3v) is 3.30. The van der Waals surface area contributed by atoms with E-state index in [-0.39, 0.29) is 18.4 Å². The molecule has 0 spiro atoms. The fraction of sp³-hybridized carbons (Fsp3) is 0.588. The van der Waals surface area contributed by atoms with Gasteiger partial charge in [-0.1, -0.05) is 0 Å². The number of hydrogen-bond acceptors (Lipinski definition) is 6. The molecule has 0 bridgehead atoms. The second-order valence-electron chi connectivity index (χ2n) is 6.86. The molecule has 1 heterocycles. The number of nitrogens with zero attached hydrogens (tertiary/aromatic N) is 1. The van der Waals surface area contributed by atoms with Crippen LogP contribution in [0.1, 0.15) is 39.2 Å². The first kappa shape index (κ1) is 19.0. The molecule has 1 aromatic rings. The van der Waals surface area contributed by atoms with E-state index in [1.54, 1.807) is 20.8 Å². The maximum atomic E-state index is 13.6. The SMILES string of the molecule is COC(=O)[C@H](Cc1cc(F)cnc1OC1CC1)NC(=O)OC(C)(C)C. The van der Waals surface area contributed by atoms with Crippen LogP contribution in [0.25, 0.3) is 0 Å². The van der Waals surface area contributed by atoms with Crippen molar-refractivity contribution < 1.29 is 28.2 Å². The van der Waals surface area contributed by atoms with Gasteiger partial charge in [0.1, 0.15) is 23.6 Å². The fourth-order valence-electron chi connectivity index (χ4n) is 2.07. The third kappa shape index (κ3) is 6.21. The monoisotopic (exact) mass is 354 g/mol. The molecule has 8 heteroatoms. The Morgan fingerprint density at radius 2 is 2.08 bits per heavy atom. The molecule has 1 aliphatic carbocycles. The van der Waals surface area contributed by atoms with Crippen molar-refractivity contribution in [3.8, 4) is 5.88 Å². The van der Waals surface area contributed by atoms with E-state index < -0.39 is 29.5 Å². The molecule has 7 nitrogen and oxygen atoms in total. The summed E-state index contributed by atoms with van der Waals surface area (Å²) < 4.78 is 29.1. The minimum atomic E-state index is -1.05. The van der Waals surface area contributed by atoms with Crippen molar-refractivity contribution >= 4 is 12.1 Å². The second kappa shape index (κ2) is 7.67. The minimum absolute atomic E-state index is 0.0290. The summed E-state index contributed by atoms with van der Waals surface area (Å²) >= 11 is 0. The molecule has 25 heavy (non-hydrogen) atoms. The highest BCUT2D eigenvalue weighted by molar-refractivity contribution is 5.81. The molecule has 1 atom stereocenters. The average Bonchev–Trinajstić information content (AvgIpc) is 3.30. The molecule has 2 rings (SSSR count). The van der Waals surface area contributed by atoms with Crippen molar-refractivity contribution in [3.63, 3.8) is 0 Å². The van der Waals surface area contributed by atoms with E-state index in [4.69, 9.17) is 14.2 Å². The molecule has 0 unspecified atom stereocenters. The lowest BCUT2D eigenvalue weighted by molar-refractivity contribution is -0.143. The van der Waals surface area contributed by atoms with E-state index in [9.17, 15) is 14.0 Å². The number of carbonyl (C=O) groups is 2. The summed E-state index contributed by atoms with van der Waals surface area (Å²) in [7, 11) is 1.21. The lowest BCUT2D eigenvalue weighted by atomic mass is 10.1. The normalized spacial score (nSPS) is 15.2. The predicted molar refractivity (Wildman–Crippen MR) is 86.7 cm³/mol. The summed E-state index contributed by atoms with van der Waals surface area (Å²) in [6.07, 6.45) is 2.14. The summed E-state index contributed by atoms with van der Waals surface area (Å²) in [4.78, 5) is 27.9. The number of amides is 1. The Morgan fingerprint density at radius 3 is 2.64 bits per heavy atom. The van der Waals surface area contributed by atoms with Crippen LogP contribution in [0.5, 0.6) is 5.88 Å². The number of pyridine rings is 1. The Morgan fingerprint density at radius 1 is 1.40 bits per heavy atom. The van der Waals surface area contributed by atoms with Crippen molar-refractivity contribution in [2.24, 2.45) is 0 Å². The second-order valence-corrected chi connectivity index (χ2v) is 6.86. The maximum Gasteiger partial charge on any atom is 0.408 e. The molecule has 1 saturated carbocycles. The fourth-order valence-corrected chi connectivity index (χ4v) is 2.07. The van der Waals surface area contributed by atoms with Gasteiger partial charge in [-0.2, -0.15) is 0 Å². The number of carbonyl (C=O) groups excluding carboxylic acids is 2. The predicted octanol–water partition coefficient (Wildman–Crippen LogP) is 2.37. The lowest BCUT2D eigenvalue weighted by Gasteiger charge is -2.23. The highest BCUT2D eigenvalue weighted by Crippen LogP contribution is 2.28. The van der Waals surface area contributed by atoms with Crippen LogP contribution in [0.3, 0.4) is 0 Å². The van der Waals surface area contributed by atoms with Crippen LogP contribution in [0, 0.1) is 5.82 Å². The van der Waals surface area contributed by atoms with Gasteiger partial charge in [-0.25, -0.2) is 19.0 Å². The van der Waals surface area contributed by atoms with Crippen molar-refractivity contribution in [1.29, 1.82) is 0 Å². The van der Waals surface area contributed by atoms with Gasteiger partial charge in [0.2, 0.25) is 5.88 Å². The molecule has 1 N–H and O–H groups in total. The summed E-state index contributed by atoms with van der Waals surface area (Å²) in [5, 5.41) is 2.45. The van der Waals surface area contributed by atoms with E-state index in [2.05, 4.69) is 10.3 Å². The lowest BCUT2D eigenvalue weighted by Crippen LogP contribution is -2.45. The molecule has 0 saturated heterocycles. The van der Waals surface area contributed by atoms with Gasteiger partial charge in [0, 0.05) is 12.0 Å². The Balaban J connectivity index is 2.14. The Kier molecular flexibility index (Phi) is 5.81. The number of alkyl carbamates (subject to hydrolysis) is 1. The van der Waals surface area contributed by atoms with Gasteiger partial charge in [0.25, 0.3) is 0 Å². The largest absolute Gasteiger partial charge is 0.474 e. The summed E-state index contributed by atoms with van der Waals surface area (Å²) in [6, 6.07) is 0.183. The van der Waals surface area contributed by atoms with Gasteiger partial charge >= 0.3 is 12.1 Å². The van der Waals surface area contributed by atoms with Gasteiger partial charge in [0.05, 0.1) is 13.3 Å². The van der Waals surface area contributed by atoms with Gasteiger partial charge in [0.15, 0.2) is 0 Å². The molecule has 138 valence electrons. The van der Waals surface area contributed by atoms with E-state index in [1.807, 2.05) is 0 Å². The van der Waals surface area contributed by atoms with Crippen LogP contribution < -0.4 is 10.1 Å². The summed E-state index contributed by atoms with van der Waals surface area (Å²) in [5.74, 6) is -0.977. The van der Waals surface area contributed by atoms with Gasteiger partial charge in [-0.05, 0) is 39.7 Å². The van der Waals surface area contributed by atoms with E-state index in [0.29, 0.717) is 5.56 Å². The van der Waals surface area contributed by atoms with Crippen LogP contribution in [-0.2, 0) is 20.7 Å². The maximum absolute atomic E-state index is 13.6. The Hall–Kier alpha value is -2.38. The molecule has 0 radical (unpaired) electrons. The number of halogens is 1. The van der Waals surface area contributed by atoms with Crippen LogP contribution in [0.15, 0.2) is 12.3 Å². The first-order valence-corrected chi connectivity index (χ1v) is 8.06. The molecule has 1 fully saturated rings. The van der Waals surface area contributed by atoms with Gasteiger partial charge in [-0.15, -0.1) is 0 Å². The van der Waals surface area contributed by atoms with Crippen LogP contribution in [-0.4, -0.2) is 41.9 Å². The van der Waals surface area contributed by atoms with Gasteiger partial charge < -0.3 is 19.5 Å². The standard InChI is InChI=1S/C17H23FN2O5/c1-17(2,3)25-16(22)20-13(15(21)23-4)8-10-7-11(18)9-19-14(10)24-12-5-6-12/h7,9,12-13H,5-6,8H2,1-4H3,(H,20,22)/t13-/m0/s1. The molecular weight excluding hydrogens is 331 g/mol. The zero-order chi connectivity index (χ0) is 18.6. The van der Waals surface area contributed by atoms with Crippen LogP contribution in [0.4, 0.5) is 9.18 Å². The molecule has 1 amide bonds. The van der Waals surface area contributed by atoms with Crippen molar-refractivity contribution in [1.82, 2.24) is 10.3 Å². The van der Waals surface area contributed by atoms with Crippen molar-refractivity contribution in [3.05, 3.63) is 23.6 Å². The number of ether oxygens (including phenoxy) is 3. The number of nitrogens with one attached hydrogen (secondary N) is 1. The molecule has 0 aromatic carbocycles. The highest BCUT2D eigenvalue weighted by Gasteiger charge is 2.29. The first-order valence-electron chi connectivity index (χ1n) is 8.06. The topological polar surface area (TPSA) is 86.8 Å². The van der Waals surface area contributed by atoms with Crippen molar-refractivity contribution in [2.75, 3.05) is 7.11 Å². The summed E-state index contributed by atoms with van der Waals surface area (Å²) in [5.41, 5.74) is -0.343. The Labute approximate surface area is 145 Å². The minimum Gasteiger partial charge on any atom is -0.474 e. The van der Waals surface area contributed by atoms with E-state index in [0.717, 1.165) is 19.0 Å². The molecular formula is C17H23FN2O5. The average molecular weight is 354 g/mol.